The molecule has 0 bridgehead atoms. The van der Waals surface area contributed by atoms with Crippen molar-refractivity contribution in [2.24, 2.45) is 0 Å². The Balaban J connectivity index is 1.73. The molecule has 24 heavy (non-hydrogen) atoms. The van der Waals surface area contributed by atoms with Crippen LogP contribution < -0.4 is 10.2 Å². The summed E-state index contributed by atoms with van der Waals surface area (Å²) in [6, 6.07) is 14.9. The molecule has 0 atom stereocenters. The minimum atomic E-state index is 0.563. The minimum Gasteiger partial charge on any atom is -0.379 e. The van der Waals surface area contributed by atoms with Crippen LogP contribution in [0, 0.1) is 0 Å². The van der Waals surface area contributed by atoms with E-state index in [9.17, 15) is 0 Å². The minimum absolute atomic E-state index is 0.563. The van der Waals surface area contributed by atoms with Crippen molar-refractivity contribution in [2.75, 3.05) is 36.5 Å². The van der Waals surface area contributed by atoms with Gasteiger partial charge in [0.15, 0.2) is 0 Å². The summed E-state index contributed by atoms with van der Waals surface area (Å²) in [7, 11) is 0. The van der Waals surface area contributed by atoms with E-state index in [0.717, 1.165) is 49.2 Å². The smallest absolute Gasteiger partial charge is 0.0792 e. The fourth-order valence-corrected chi connectivity index (χ4v) is 3.28. The quantitative estimate of drug-likeness (QED) is 0.833. The molecule has 0 aliphatic carbocycles. The van der Waals surface area contributed by atoms with Gasteiger partial charge in [-0.15, -0.1) is 0 Å². The van der Waals surface area contributed by atoms with Crippen LogP contribution in [-0.4, -0.2) is 26.3 Å². The second kappa shape index (κ2) is 7.91. The lowest BCUT2D eigenvalue weighted by Gasteiger charge is -2.31. The number of nitrogens with zero attached hydrogens (tertiary/aromatic N) is 1. The van der Waals surface area contributed by atoms with Crippen LogP contribution in [0.15, 0.2) is 42.5 Å². The van der Waals surface area contributed by atoms with Gasteiger partial charge in [-0.2, -0.15) is 0 Å². The van der Waals surface area contributed by atoms with Crippen LogP contribution in [-0.2, 0) is 11.3 Å². The molecule has 0 aromatic heterocycles. The molecule has 1 N–H and O–H groups in total. The van der Waals surface area contributed by atoms with E-state index >= 15 is 0 Å². The van der Waals surface area contributed by atoms with Gasteiger partial charge in [-0.05, 0) is 29.2 Å². The summed E-state index contributed by atoms with van der Waals surface area (Å²) < 4.78 is 5.46. The van der Waals surface area contributed by atoms with E-state index in [1.54, 1.807) is 0 Å². The molecule has 0 saturated carbocycles. The van der Waals surface area contributed by atoms with E-state index in [-0.39, 0.29) is 0 Å². The van der Waals surface area contributed by atoms with Gasteiger partial charge in [-0.1, -0.05) is 55.8 Å². The fourth-order valence-electron chi connectivity index (χ4n) is 2.98. The average Bonchev–Trinajstić information content (AvgIpc) is 2.61. The lowest BCUT2D eigenvalue weighted by Crippen LogP contribution is -2.36. The maximum atomic E-state index is 6.48. The Kier molecular flexibility index (Phi) is 5.64. The van der Waals surface area contributed by atoms with Crippen molar-refractivity contribution in [3.8, 4) is 0 Å². The van der Waals surface area contributed by atoms with Crippen LogP contribution in [0.2, 0.25) is 5.02 Å². The SMILES string of the molecule is CC(C)c1ccc(CNc2cccc(Cl)c2N2CCOCC2)cc1. The Bertz CT molecular complexity index is 664. The van der Waals surface area contributed by atoms with Crippen molar-refractivity contribution in [1.29, 1.82) is 0 Å². The van der Waals surface area contributed by atoms with Crippen molar-refractivity contribution in [3.05, 3.63) is 58.6 Å². The van der Waals surface area contributed by atoms with Gasteiger partial charge in [-0.25, -0.2) is 0 Å². The maximum absolute atomic E-state index is 6.48. The molecule has 1 saturated heterocycles. The van der Waals surface area contributed by atoms with Gasteiger partial charge in [-0.3, -0.25) is 0 Å². The molecular weight excluding hydrogens is 320 g/mol. The first-order chi connectivity index (χ1) is 11.6. The van der Waals surface area contributed by atoms with Gasteiger partial charge < -0.3 is 15.0 Å². The van der Waals surface area contributed by atoms with Gasteiger partial charge in [0, 0.05) is 19.6 Å². The topological polar surface area (TPSA) is 24.5 Å². The molecule has 0 spiro atoms. The first-order valence-corrected chi connectivity index (χ1v) is 8.97. The van der Waals surface area contributed by atoms with Crippen LogP contribution in [0.1, 0.15) is 30.9 Å². The lowest BCUT2D eigenvalue weighted by molar-refractivity contribution is 0.123. The Morgan fingerprint density at radius 2 is 1.79 bits per heavy atom. The molecule has 3 nitrogen and oxygen atoms in total. The molecule has 0 amide bonds. The highest BCUT2D eigenvalue weighted by Crippen LogP contribution is 2.34. The molecule has 1 aliphatic rings. The zero-order valence-corrected chi connectivity index (χ0v) is 15.1. The van der Waals surface area contributed by atoms with Crippen LogP contribution in [0.25, 0.3) is 0 Å². The highest BCUT2D eigenvalue weighted by atomic mass is 35.5. The number of halogens is 1. The summed E-state index contributed by atoms with van der Waals surface area (Å²) in [5, 5.41) is 4.34. The highest BCUT2D eigenvalue weighted by Gasteiger charge is 2.17. The Hall–Kier alpha value is -1.71. The van der Waals surface area contributed by atoms with Crippen molar-refractivity contribution in [3.63, 3.8) is 0 Å². The van der Waals surface area contributed by atoms with Gasteiger partial charge >= 0.3 is 0 Å². The number of para-hydroxylation sites is 1. The van der Waals surface area contributed by atoms with E-state index in [1.807, 2.05) is 12.1 Å². The molecule has 128 valence electrons. The maximum Gasteiger partial charge on any atom is 0.0792 e. The van der Waals surface area contributed by atoms with Crippen LogP contribution in [0.3, 0.4) is 0 Å². The standard InChI is InChI=1S/C20H25ClN2O/c1-15(2)17-8-6-16(7-9-17)14-22-19-5-3-4-18(21)20(19)23-10-12-24-13-11-23/h3-9,15,22H,10-14H2,1-2H3. The van der Waals surface area contributed by atoms with Crippen molar-refractivity contribution in [1.82, 2.24) is 0 Å². The first-order valence-electron chi connectivity index (χ1n) is 8.59. The van der Waals surface area contributed by atoms with Crippen molar-refractivity contribution < 1.29 is 4.74 Å². The van der Waals surface area contributed by atoms with Gasteiger partial charge in [0.05, 0.1) is 29.6 Å². The van der Waals surface area contributed by atoms with E-state index in [1.165, 1.54) is 11.1 Å². The number of nitrogens with one attached hydrogen (secondary N) is 1. The Labute approximate surface area is 149 Å². The molecule has 2 aromatic rings. The predicted molar refractivity (Wildman–Crippen MR) is 102 cm³/mol. The van der Waals surface area contributed by atoms with Gasteiger partial charge in [0.2, 0.25) is 0 Å². The second-order valence-electron chi connectivity index (χ2n) is 6.49. The number of hydrogen-bond acceptors (Lipinski definition) is 3. The third-order valence-corrected chi connectivity index (χ3v) is 4.75. The molecular formula is C20H25ClN2O. The molecule has 2 aromatic carbocycles. The summed E-state index contributed by atoms with van der Waals surface area (Å²) in [4.78, 5) is 2.30. The molecule has 1 fully saturated rings. The van der Waals surface area contributed by atoms with Crippen LogP contribution >= 0.6 is 11.6 Å². The third kappa shape index (κ3) is 4.03. The molecule has 0 unspecified atom stereocenters. The summed E-state index contributed by atoms with van der Waals surface area (Å²) in [6.07, 6.45) is 0. The van der Waals surface area contributed by atoms with E-state index in [4.69, 9.17) is 16.3 Å². The zero-order chi connectivity index (χ0) is 16.9. The van der Waals surface area contributed by atoms with Crippen LogP contribution in [0.5, 0.6) is 0 Å². The second-order valence-corrected chi connectivity index (χ2v) is 6.89. The third-order valence-electron chi connectivity index (χ3n) is 4.44. The zero-order valence-electron chi connectivity index (χ0n) is 14.4. The first kappa shape index (κ1) is 17.1. The largest absolute Gasteiger partial charge is 0.379 e. The van der Waals surface area contributed by atoms with E-state index < -0.39 is 0 Å². The van der Waals surface area contributed by atoms with Gasteiger partial charge in [0.25, 0.3) is 0 Å². The monoisotopic (exact) mass is 344 g/mol. The number of hydrogen-bond donors (Lipinski definition) is 1. The normalized spacial score (nSPS) is 14.9. The highest BCUT2D eigenvalue weighted by molar-refractivity contribution is 6.34. The van der Waals surface area contributed by atoms with Crippen LogP contribution in [0.4, 0.5) is 11.4 Å². The fraction of sp³-hybridized carbons (Fsp3) is 0.400. The Morgan fingerprint density at radius 3 is 2.46 bits per heavy atom. The number of ether oxygens (including phenoxy) is 1. The number of morpholine rings is 1. The molecule has 1 heterocycles. The summed E-state index contributed by atoms with van der Waals surface area (Å²) in [5.41, 5.74) is 4.81. The molecule has 0 radical (unpaired) electrons. The van der Waals surface area contributed by atoms with Crippen molar-refractivity contribution >= 4 is 23.0 Å². The summed E-state index contributed by atoms with van der Waals surface area (Å²) >= 11 is 6.48. The lowest BCUT2D eigenvalue weighted by atomic mass is 10.0. The number of benzene rings is 2. The van der Waals surface area contributed by atoms with Gasteiger partial charge in [0.1, 0.15) is 0 Å². The molecule has 4 heteroatoms. The Morgan fingerprint density at radius 1 is 1.08 bits per heavy atom. The summed E-state index contributed by atoms with van der Waals surface area (Å²) in [6.45, 7) is 8.48. The van der Waals surface area contributed by atoms with E-state index in [2.05, 4.69) is 54.4 Å². The number of rotatable bonds is 5. The molecule has 1 aliphatic heterocycles. The molecule has 3 rings (SSSR count). The average molecular weight is 345 g/mol. The van der Waals surface area contributed by atoms with Crippen molar-refractivity contribution in [2.45, 2.75) is 26.3 Å². The van der Waals surface area contributed by atoms with E-state index in [0.29, 0.717) is 5.92 Å². The number of anilines is 2. The summed E-state index contributed by atoms with van der Waals surface area (Å²) in [5.74, 6) is 0.563. The predicted octanol–water partition coefficient (Wildman–Crippen LogP) is 4.91.